The Balaban J connectivity index is 2.70. The average molecular weight is 219 g/mol. The summed E-state index contributed by atoms with van der Waals surface area (Å²) < 4.78 is 38.6. The molecule has 1 rings (SSSR count). The van der Waals surface area contributed by atoms with Crippen LogP contribution in [0.5, 0.6) is 0 Å². The molecule has 0 fully saturated rings. The van der Waals surface area contributed by atoms with Crippen LogP contribution in [-0.4, -0.2) is 23.1 Å². The van der Waals surface area contributed by atoms with Crippen LogP contribution in [0, 0.1) is 0 Å². The Morgan fingerprint density at radius 3 is 2.40 bits per heavy atom. The Morgan fingerprint density at radius 1 is 1.27 bits per heavy atom. The molecule has 0 aliphatic carbocycles. The van der Waals surface area contributed by atoms with Gasteiger partial charge in [0, 0.05) is 6.20 Å². The molecule has 0 radical (unpaired) electrons. The van der Waals surface area contributed by atoms with E-state index in [0.29, 0.717) is 0 Å². The molecule has 0 aromatic carbocycles. The molecule has 80 valence electrons. The number of nitrogens with zero attached hydrogens (tertiary/aromatic N) is 1. The van der Waals surface area contributed by atoms with Crippen LogP contribution in [0.3, 0.4) is 0 Å². The second-order valence-electron chi connectivity index (χ2n) is 2.39. The third-order valence-corrected chi connectivity index (χ3v) is 1.29. The second kappa shape index (κ2) is 4.07. The van der Waals surface area contributed by atoms with Crippen molar-refractivity contribution in [2.75, 3.05) is 0 Å². The average Bonchev–Trinajstić information content (AvgIpc) is 2.17. The van der Waals surface area contributed by atoms with E-state index in [0.717, 1.165) is 6.07 Å². The van der Waals surface area contributed by atoms with Crippen molar-refractivity contribution < 1.29 is 27.5 Å². The first-order valence-corrected chi connectivity index (χ1v) is 3.65. The molecule has 0 spiro atoms. The SMILES string of the molecule is O=C(OC(=O)C(F)(F)F)c1ccccn1. The number of alkyl halides is 3. The van der Waals surface area contributed by atoms with Gasteiger partial charge in [-0.15, -0.1) is 0 Å². The summed E-state index contributed by atoms with van der Waals surface area (Å²) in [5, 5.41) is 0. The van der Waals surface area contributed by atoms with E-state index in [2.05, 4.69) is 9.72 Å². The van der Waals surface area contributed by atoms with Crippen LogP contribution in [0.1, 0.15) is 10.5 Å². The zero-order valence-corrected chi connectivity index (χ0v) is 7.12. The summed E-state index contributed by atoms with van der Waals surface area (Å²) in [6.45, 7) is 0. The molecule has 7 heteroatoms. The van der Waals surface area contributed by atoms with Gasteiger partial charge in [-0.1, -0.05) is 6.07 Å². The Kier molecular flexibility index (Phi) is 3.03. The van der Waals surface area contributed by atoms with Gasteiger partial charge in [-0.05, 0) is 12.1 Å². The maximum Gasteiger partial charge on any atom is 0.491 e. The Labute approximate surface area is 81.7 Å². The van der Waals surface area contributed by atoms with Gasteiger partial charge in [-0.25, -0.2) is 14.6 Å². The minimum Gasteiger partial charge on any atom is -0.381 e. The van der Waals surface area contributed by atoms with Crippen molar-refractivity contribution in [1.29, 1.82) is 0 Å². The number of rotatable bonds is 1. The van der Waals surface area contributed by atoms with Crippen molar-refractivity contribution in [1.82, 2.24) is 4.98 Å². The van der Waals surface area contributed by atoms with E-state index in [1.54, 1.807) is 0 Å². The number of hydrogen-bond acceptors (Lipinski definition) is 4. The summed E-state index contributed by atoms with van der Waals surface area (Å²) in [4.78, 5) is 24.6. The van der Waals surface area contributed by atoms with Crippen LogP contribution >= 0.6 is 0 Å². The number of carbonyl (C=O) groups excluding carboxylic acids is 2. The topological polar surface area (TPSA) is 56.3 Å². The van der Waals surface area contributed by atoms with Crippen LogP contribution in [0.25, 0.3) is 0 Å². The molecule has 0 unspecified atom stereocenters. The highest BCUT2D eigenvalue weighted by Gasteiger charge is 2.42. The van der Waals surface area contributed by atoms with Crippen LogP contribution in [0.15, 0.2) is 24.4 Å². The number of esters is 2. The maximum atomic E-state index is 11.7. The molecule has 1 heterocycles. The standard InChI is InChI=1S/C8H4F3NO3/c9-8(10,11)7(14)15-6(13)5-3-1-2-4-12-5/h1-4H. The van der Waals surface area contributed by atoms with Crippen LogP contribution in [0.2, 0.25) is 0 Å². The lowest BCUT2D eigenvalue weighted by Gasteiger charge is -2.04. The molecule has 0 atom stereocenters. The minimum atomic E-state index is -5.19. The van der Waals surface area contributed by atoms with E-state index in [9.17, 15) is 22.8 Å². The normalized spacial score (nSPS) is 10.9. The summed E-state index contributed by atoms with van der Waals surface area (Å²) in [6.07, 6.45) is -4.00. The lowest BCUT2D eigenvalue weighted by molar-refractivity contribution is -0.193. The highest BCUT2D eigenvalue weighted by atomic mass is 19.4. The predicted octanol–water partition coefficient (Wildman–Crippen LogP) is 1.33. The summed E-state index contributed by atoms with van der Waals surface area (Å²) in [7, 11) is 0. The molecule has 0 N–H and O–H groups in total. The van der Waals surface area contributed by atoms with Gasteiger partial charge in [0.15, 0.2) is 0 Å². The van der Waals surface area contributed by atoms with Crippen molar-refractivity contribution >= 4 is 11.9 Å². The monoisotopic (exact) mass is 219 g/mol. The molecule has 15 heavy (non-hydrogen) atoms. The van der Waals surface area contributed by atoms with E-state index >= 15 is 0 Å². The van der Waals surface area contributed by atoms with Gasteiger partial charge < -0.3 is 4.74 Å². The molecule has 0 aliphatic heterocycles. The van der Waals surface area contributed by atoms with Crippen molar-refractivity contribution in [2.24, 2.45) is 0 Å². The molecular formula is C8H4F3NO3. The van der Waals surface area contributed by atoms with Gasteiger partial charge in [0.05, 0.1) is 0 Å². The van der Waals surface area contributed by atoms with E-state index < -0.39 is 18.1 Å². The fourth-order valence-electron chi connectivity index (χ4n) is 0.678. The number of halogens is 3. The van der Waals surface area contributed by atoms with Gasteiger partial charge in [0.25, 0.3) is 0 Å². The van der Waals surface area contributed by atoms with Crippen LogP contribution < -0.4 is 0 Å². The second-order valence-corrected chi connectivity index (χ2v) is 2.39. The smallest absolute Gasteiger partial charge is 0.381 e. The van der Waals surface area contributed by atoms with Crippen molar-refractivity contribution in [3.8, 4) is 0 Å². The zero-order chi connectivity index (χ0) is 11.5. The van der Waals surface area contributed by atoms with Crippen molar-refractivity contribution in [3.05, 3.63) is 30.1 Å². The van der Waals surface area contributed by atoms with E-state index in [1.165, 1.54) is 18.3 Å². The minimum absolute atomic E-state index is 0.366. The summed E-state index contributed by atoms with van der Waals surface area (Å²) in [5.41, 5.74) is -0.366. The maximum absolute atomic E-state index is 11.7. The Bertz CT molecular complexity index is 374. The zero-order valence-electron chi connectivity index (χ0n) is 7.12. The molecule has 0 amide bonds. The molecule has 0 aliphatic rings. The summed E-state index contributed by atoms with van der Waals surface area (Å²) in [6, 6.07) is 3.97. The van der Waals surface area contributed by atoms with E-state index in [-0.39, 0.29) is 5.69 Å². The fraction of sp³-hybridized carbons (Fsp3) is 0.125. The number of ether oxygens (including phenoxy) is 1. The van der Waals surface area contributed by atoms with Gasteiger partial charge >= 0.3 is 18.1 Å². The van der Waals surface area contributed by atoms with Crippen LogP contribution in [-0.2, 0) is 9.53 Å². The van der Waals surface area contributed by atoms with E-state index in [4.69, 9.17) is 0 Å². The molecular weight excluding hydrogens is 215 g/mol. The quantitative estimate of drug-likeness (QED) is 0.528. The summed E-state index contributed by atoms with van der Waals surface area (Å²) >= 11 is 0. The van der Waals surface area contributed by atoms with Crippen molar-refractivity contribution in [2.45, 2.75) is 6.18 Å². The summed E-state index contributed by atoms with van der Waals surface area (Å²) in [5.74, 6) is -3.99. The third-order valence-electron chi connectivity index (χ3n) is 1.29. The van der Waals surface area contributed by atoms with Gasteiger partial charge in [0.2, 0.25) is 0 Å². The first-order chi connectivity index (χ1) is 6.91. The predicted molar refractivity (Wildman–Crippen MR) is 40.7 cm³/mol. The number of aromatic nitrogens is 1. The Hall–Kier alpha value is -1.92. The number of hydrogen-bond donors (Lipinski definition) is 0. The molecule has 1 aromatic heterocycles. The van der Waals surface area contributed by atoms with Gasteiger partial charge in [0.1, 0.15) is 5.69 Å². The van der Waals surface area contributed by atoms with E-state index in [1.807, 2.05) is 0 Å². The third kappa shape index (κ3) is 3.04. The van der Waals surface area contributed by atoms with Gasteiger partial charge in [-0.3, -0.25) is 0 Å². The molecule has 0 saturated carbocycles. The lowest BCUT2D eigenvalue weighted by atomic mass is 10.3. The highest BCUT2D eigenvalue weighted by molar-refractivity contribution is 5.96. The molecule has 1 aromatic rings. The fourth-order valence-corrected chi connectivity index (χ4v) is 0.678. The first-order valence-electron chi connectivity index (χ1n) is 3.65. The van der Waals surface area contributed by atoms with Crippen LogP contribution in [0.4, 0.5) is 13.2 Å². The number of carbonyl (C=O) groups is 2. The molecule has 0 bridgehead atoms. The molecule has 0 saturated heterocycles. The number of pyridine rings is 1. The largest absolute Gasteiger partial charge is 0.491 e. The Morgan fingerprint density at radius 2 is 1.93 bits per heavy atom. The highest BCUT2D eigenvalue weighted by Crippen LogP contribution is 2.17. The molecule has 4 nitrogen and oxygen atoms in total. The lowest BCUT2D eigenvalue weighted by Crippen LogP contribution is -2.28. The van der Waals surface area contributed by atoms with Crippen molar-refractivity contribution in [3.63, 3.8) is 0 Å². The first kappa shape index (κ1) is 11.2. The van der Waals surface area contributed by atoms with Gasteiger partial charge in [-0.2, -0.15) is 13.2 Å².